The SMILES string of the molecule is CCCCN(C[O])C(C)C. The van der Waals surface area contributed by atoms with E-state index in [9.17, 15) is 5.11 Å². The predicted octanol–water partition coefficient (Wildman–Crippen LogP) is 1.88. The number of hydrogen-bond acceptors (Lipinski definition) is 1. The molecule has 0 N–H and O–H groups in total. The average Bonchev–Trinajstić information content (AvgIpc) is 1.89. The van der Waals surface area contributed by atoms with Crippen LogP contribution in [0.25, 0.3) is 0 Å². The molecule has 0 saturated carbocycles. The van der Waals surface area contributed by atoms with E-state index in [0.29, 0.717) is 6.04 Å². The molecular weight excluding hydrogens is 126 g/mol. The molecule has 0 fully saturated rings. The van der Waals surface area contributed by atoms with Crippen LogP contribution in [0.15, 0.2) is 0 Å². The van der Waals surface area contributed by atoms with Gasteiger partial charge in [-0.1, -0.05) is 13.3 Å². The van der Waals surface area contributed by atoms with Gasteiger partial charge in [-0.05, 0) is 20.3 Å². The Morgan fingerprint density at radius 2 is 2.00 bits per heavy atom. The Balaban J connectivity index is 3.40. The van der Waals surface area contributed by atoms with Gasteiger partial charge in [0.2, 0.25) is 0 Å². The summed E-state index contributed by atoms with van der Waals surface area (Å²) < 4.78 is 0. The Morgan fingerprint density at radius 3 is 2.30 bits per heavy atom. The van der Waals surface area contributed by atoms with E-state index in [-0.39, 0.29) is 6.73 Å². The van der Waals surface area contributed by atoms with Gasteiger partial charge in [0.1, 0.15) is 6.73 Å². The molecule has 0 aromatic carbocycles. The molecule has 1 radical (unpaired) electrons. The summed E-state index contributed by atoms with van der Waals surface area (Å²) in [6.45, 7) is 7.17. The maximum atomic E-state index is 10.5. The van der Waals surface area contributed by atoms with Crippen LogP contribution in [0.3, 0.4) is 0 Å². The van der Waals surface area contributed by atoms with Crippen LogP contribution >= 0.6 is 0 Å². The Kier molecular flexibility index (Phi) is 5.64. The first-order valence-corrected chi connectivity index (χ1v) is 4.04. The number of nitrogens with zero attached hydrogens (tertiary/aromatic N) is 1. The molecule has 0 aliphatic heterocycles. The van der Waals surface area contributed by atoms with E-state index < -0.39 is 0 Å². The Bertz CT molecular complexity index is 73.7. The third-order valence-corrected chi connectivity index (χ3v) is 1.70. The first-order valence-electron chi connectivity index (χ1n) is 4.04. The molecular formula is C8H18NO. The van der Waals surface area contributed by atoms with Crippen LogP contribution in [0.2, 0.25) is 0 Å². The van der Waals surface area contributed by atoms with Gasteiger partial charge in [0, 0.05) is 12.6 Å². The highest BCUT2D eigenvalue weighted by Crippen LogP contribution is 1.99. The van der Waals surface area contributed by atoms with E-state index in [2.05, 4.69) is 20.8 Å². The summed E-state index contributed by atoms with van der Waals surface area (Å²) in [5, 5.41) is 10.5. The van der Waals surface area contributed by atoms with Crippen LogP contribution in [-0.4, -0.2) is 24.2 Å². The highest BCUT2D eigenvalue weighted by atomic mass is 16.3. The monoisotopic (exact) mass is 144 g/mol. The van der Waals surface area contributed by atoms with Crippen LogP contribution in [0.1, 0.15) is 33.6 Å². The Hall–Kier alpha value is -0.0800. The van der Waals surface area contributed by atoms with Crippen molar-refractivity contribution in [3.63, 3.8) is 0 Å². The normalized spacial score (nSPS) is 11.4. The summed E-state index contributed by atoms with van der Waals surface area (Å²) in [4.78, 5) is 1.95. The summed E-state index contributed by atoms with van der Waals surface area (Å²) in [5.41, 5.74) is 0. The van der Waals surface area contributed by atoms with Gasteiger partial charge in [0.05, 0.1) is 0 Å². The van der Waals surface area contributed by atoms with Gasteiger partial charge in [-0.2, -0.15) is 0 Å². The average molecular weight is 144 g/mol. The van der Waals surface area contributed by atoms with E-state index in [1.54, 1.807) is 0 Å². The quantitative estimate of drug-likeness (QED) is 0.540. The molecule has 0 spiro atoms. The van der Waals surface area contributed by atoms with Crippen molar-refractivity contribution in [3.8, 4) is 0 Å². The zero-order valence-electron chi connectivity index (χ0n) is 7.26. The van der Waals surface area contributed by atoms with E-state index in [0.717, 1.165) is 13.0 Å². The molecule has 0 aromatic rings. The highest BCUT2D eigenvalue weighted by molar-refractivity contribution is 4.56. The minimum absolute atomic E-state index is 0.0579. The van der Waals surface area contributed by atoms with Gasteiger partial charge < -0.3 is 0 Å². The molecule has 0 rings (SSSR count). The van der Waals surface area contributed by atoms with Crippen molar-refractivity contribution in [2.24, 2.45) is 0 Å². The maximum Gasteiger partial charge on any atom is 0.135 e. The zero-order chi connectivity index (χ0) is 7.98. The molecule has 0 heterocycles. The Morgan fingerprint density at radius 1 is 1.40 bits per heavy atom. The van der Waals surface area contributed by atoms with Crippen molar-refractivity contribution in [2.45, 2.75) is 39.7 Å². The number of rotatable bonds is 5. The van der Waals surface area contributed by atoms with E-state index >= 15 is 0 Å². The standard InChI is InChI=1S/C8H18NO/c1-4-5-6-9(7-10)8(2)3/h8H,4-7H2,1-3H3. The van der Waals surface area contributed by atoms with E-state index in [1.807, 2.05) is 4.90 Å². The lowest BCUT2D eigenvalue weighted by molar-refractivity contribution is 0.0301. The molecule has 0 unspecified atom stereocenters. The second-order valence-electron chi connectivity index (χ2n) is 2.89. The number of unbranched alkanes of at least 4 members (excludes halogenated alkanes) is 1. The highest BCUT2D eigenvalue weighted by Gasteiger charge is 2.05. The summed E-state index contributed by atoms with van der Waals surface area (Å²) >= 11 is 0. The molecule has 0 bridgehead atoms. The van der Waals surface area contributed by atoms with Crippen molar-refractivity contribution in [1.29, 1.82) is 0 Å². The lowest BCUT2D eigenvalue weighted by atomic mass is 10.3. The van der Waals surface area contributed by atoms with Gasteiger partial charge >= 0.3 is 0 Å². The minimum Gasteiger partial charge on any atom is -0.276 e. The fourth-order valence-corrected chi connectivity index (χ4v) is 0.833. The van der Waals surface area contributed by atoms with Gasteiger partial charge in [-0.3, -0.25) is 4.90 Å². The second-order valence-corrected chi connectivity index (χ2v) is 2.89. The van der Waals surface area contributed by atoms with E-state index in [1.165, 1.54) is 6.42 Å². The summed E-state index contributed by atoms with van der Waals surface area (Å²) in [5.74, 6) is 0. The fraction of sp³-hybridized carbons (Fsp3) is 1.00. The van der Waals surface area contributed by atoms with Crippen molar-refractivity contribution in [3.05, 3.63) is 0 Å². The van der Waals surface area contributed by atoms with Crippen LogP contribution in [0, 0.1) is 0 Å². The van der Waals surface area contributed by atoms with Crippen molar-refractivity contribution in [2.75, 3.05) is 13.3 Å². The first kappa shape index (κ1) is 9.92. The molecule has 10 heavy (non-hydrogen) atoms. The van der Waals surface area contributed by atoms with Gasteiger partial charge in [-0.15, -0.1) is 0 Å². The van der Waals surface area contributed by atoms with Crippen molar-refractivity contribution >= 4 is 0 Å². The third kappa shape index (κ3) is 3.85. The molecule has 0 aromatic heterocycles. The molecule has 0 saturated heterocycles. The van der Waals surface area contributed by atoms with Crippen molar-refractivity contribution in [1.82, 2.24) is 4.90 Å². The molecule has 61 valence electrons. The smallest absolute Gasteiger partial charge is 0.135 e. The maximum absolute atomic E-state index is 10.5. The number of hydrogen-bond donors (Lipinski definition) is 0. The van der Waals surface area contributed by atoms with Gasteiger partial charge in [0.15, 0.2) is 0 Å². The largest absolute Gasteiger partial charge is 0.276 e. The van der Waals surface area contributed by atoms with Crippen molar-refractivity contribution < 1.29 is 5.11 Å². The lowest BCUT2D eigenvalue weighted by Crippen LogP contribution is -2.31. The summed E-state index contributed by atoms with van der Waals surface area (Å²) in [7, 11) is 0. The predicted molar refractivity (Wildman–Crippen MR) is 42.3 cm³/mol. The zero-order valence-corrected chi connectivity index (χ0v) is 7.26. The van der Waals surface area contributed by atoms with Gasteiger partial charge in [0.25, 0.3) is 0 Å². The molecule has 2 heteroatoms. The molecule has 0 aliphatic rings. The van der Waals surface area contributed by atoms with Gasteiger partial charge in [-0.25, -0.2) is 5.11 Å². The summed E-state index contributed by atoms with van der Waals surface area (Å²) in [6, 6.07) is 0.407. The minimum atomic E-state index is -0.0579. The topological polar surface area (TPSA) is 23.1 Å². The molecule has 2 nitrogen and oxygen atoms in total. The Labute approximate surface area is 63.8 Å². The summed E-state index contributed by atoms with van der Waals surface area (Å²) in [6.07, 6.45) is 2.31. The van der Waals surface area contributed by atoms with Crippen LogP contribution < -0.4 is 0 Å². The third-order valence-electron chi connectivity index (χ3n) is 1.70. The molecule has 0 atom stereocenters. The fourth-order valence-electron chi connectivity index (χ4n) is 0.833. The van der Waals surface area contributed by atoms with Crippen LogP contribution in [-0.2, 0) is 5.11 Å². The lowest BCUT2D eigenvalue weighted by Gasteiger charge is -2.22. The first-order chi connectivity index (χ1) is 4.72. The molecule has 0 amide bonds. The molecule has 0 aliphatic carbocycles. The van der Waals surface area contributed by atoms with Crippen LogP contribution in [0.4, 0.5) is 0 Å². The van der Waals surface area contributed by atoms with E-state index in [4.69, 9.17) is 0 Å². The second kappa shape index (κ2) is 5.69. The van der Waals surface area contributed by atoms with Crippen LogP contribution in [0.5, 0.6) is 0 Å².